The van der Waals surface area contributed by atoms with Crippen molar-refractivity contribution in [2.24, 2.45) is 0 Å². The molecule has 0 radical (unpaired) electrons. The first-order valence-electron chi connectivity index (χ1n) is 10.1. The topological polar surface area (TPSA) is 45.2 Å². The number of aromatic nitrogens is 1. The summed E-state index contributed by atoms with van der Waals surface area (Å²) in [4.78, 5) is 19.2. The van der Waals surface area contributed by atoms with Crippen molar-refractivity contribution in [1.82, 2.24) is 4.98 Å². The Kier molecular flexibility index (Phi) is 5.79. The molecule has 0 aliphatic carbocycles. The molecule has 31 heavy (non-hydrogen) atoms. The van der Waals surface area contributed by atoms with Crippen LogP contribution in [0.2, 0.25) is 5.02 Å². The Labute approximate surface area is 186 Å². The van der Waals surface area contributed by atoms with Crippen LogP contribution in [0.3, 0.4) is 0 Å². The maximum Gasteiger partial charge on any atom is 0.228 e. The third-order valence-corrected chi connectivity index (χ3v) is 5.86. The summed E-state index contributed by atoms with van der Waals surface area (Å²) in [7, 11) is 0. The first-order valence-corrected chi connectivity index (χ1v) is 10.5. The molecule has 4 rings (SSSR count). The van der Waals surface area contributed by atoms with Gasteiger partial charge in [0.05, 0.1) is 12.1 Å². The Morgan fingerprint density at radius 1 is 1.13 bits per heavy atom. The van der Waals surface area contributed by atoms with E-state index in [1.807, 2.05) is 6.07 Å². The van der Waals surface area contributed by atoms with Gasteiger partial charge in [0.2, 0.25) is 5.91 Å². The van der Waals surface area contributed by atoms with E-state index in [-0.39, 0.29) is 17.4 Å². The third kappa shape index (κ3) is 4.47. The number of aryl methyl sites for hydroxylation is 1. The molecule has 1 aromatic heterocycles. The van der Waals surface area contributed by atoms with Crippen LogP contribution in [0.4, 0.5) is 21.6 Å². The van der Waals surface area contributed by atoms with E-state index in [2.05, 4.69) is 54.2 Å². The monoisotopic (exact) mass is 435 g/mol. The average Bonchev–Trinajstić information content (AvgIpc) is 2.71. The van der Waals surface area contributed by atoms with Crippen LogP contribution in [0.1, 0.15) is 30.5 Å². The zero-order valence-electron chi connectivity index (χ0n) is 17.7. The van der Waals surface area contributed by atoms with E-state index in [1.165, 1.54) is 34.9 Å². The van der Waals surface area contributed by atoms with Crippen LogP contribution in [0.15, 0.2) is 66.0 Å². The Bertz CT molecular complexity index is 1210. The molecular weight excluding hydrogens is 413 g/mol. The molecule has 0 unspecified atom stereocenters. The number of halogens is 2. The van der Waals surface area contributed by atoms with Gasteiger partial charge in [-0.3, -0.25) is 9.69 Å². The van der Waals surface area contributed by atoms with Crippen LogP contribution in [0, 0.1) is 12.7 Å². The van der Waals surface area contributed by atoms with E-state index >= 15 is 0 Å². The quantitative estimate of drug-likeness (QED) is 0.519. The normalized spacial score (nSPS) is 13.3. The van der Waals surface area contributed by atoms with Crippen LogP contribution in [-0.2, 0) is 17.6 Å². The minimum absolute atomic E-state index is 0.0562. The Morgan fingerprint density at radius 3 is 2.71 bits per heavy atom. The SMILES string of the molecule is CC1=C(C)N(c2cc(NC(=O)Cc3ccc(F)cc3Cl)ccn2)c2ccc(C)cc2C1. The predicted molar refractivity (Wildman–Crippen MR) is 123 cm³/mol. The fourth-order valence-electron chi connectivity index (χ4n) is 3.82. The standard InChI is InChI=1S/C25H23ClFN3O/c1-15-4-7-23-19(10-15)11-16(2)17(3)30(23)24-14-21(8-9-28-24)29-25(31)12-18-5-6-20(27)13-22(18)26/h4-10,13-14H,11-12H2,1-3H3,(H,28,29,31). The Morgan fingerprint density at radius 2 is 1.94 bits per heavy atom. The molecule has 0 atom stereocenters. The maximum absolute atomic E-state index is 13.2. The minimum Gasteiger partial charge on any atom is -0.326 e. The summed E-state index contributed by atoms with van der Waals surface area (Å²) in [5.41, 5.74) is 7.20. The predicted octanol–water partition coefficient (Wildman–Crippen LogP) is 6.35. The Balaban J connectivity index is 1.59. The first kappa shape index (κ1) is 21.1. The number of allylic oxidation sites excluding steroid dienone is 2. The van der Waals surface area contributed by atoms with Crippen molar-refractivity contribution in [2.75, 3.05) is 10.2 Å². The van der Waals surface area contributed by atoms with Crippen molar-refractivity contribution < 1.29 is 9.18 Å². The van der Waals surface area contributed by atoms with Crippen molar-refractivity contribution in [3.05, 3.63) is 93.5 Å². The largest absolute Gasteiger partial charge is 0.326 e. The van der Waals surface area contributed by atoms with Gasteiger partial charge in [0.15, 0.2) is 0 Å². The number of fused-ring (bicyclic) bond motifs is 1. The zero-order valence-corrected chi connectivity index (χ0v) is 18.4. The van der Waals surface area contributed by atoms with Crippen LogP contribution in [0.5, 0.6) is 0 Å². The highest BCUT2D eigenvalue weighted by molar-refractivity contribution is 6.31. The molecule has 1 aliphatic rings. The summed E-state index contributed by atoms with van der Waals surface area (Å²) in [5.74, 6) is 0.0756. The van der Waals surface area contributed by atoms with Gasteiger partial charge in [0, 0.05) is 28.7 Å². The van der Waals surface area contributed by atoms with Crippen LogP contribution in [0.25, 0.3) is 0 Å². The van der Waals surface area contributed by atoms with E-state index in [1.54, 1.807) is 12.3 Å². The van der Waals surface area contributed by atoms with E-state index in [4.69, 9.17) is 11.6 Å². The van der Waals surface area contributed by atoms with Gasteiger partial charge in [0.1, 0.15) is 11.6 Å². The lowest BCUT2D eigenvalue weighted by molar-refractivity contribution is -0.115. The minimum atomic E-state index is -0.427. The fourth-order valence-corrected chi connectivity index (χ4v) is 4.05. The second kappa shape index (κ2) is 8.52. The molecule has 0 spiro atoms. The lowest BCUT2D eigenvalue weighted by Crippen LogP contribution is -2.23. The second-order valence-electron chi connectivity index (χ2n) is 7.87. The molecule has 1 N–H and O–H groups in total. The molecule has 6 heteroatoms. The molecule has 0 fully saturated rings. The number of hydrogen-bond acceptors (Lipinski definition) is 3. The molecule has 4 nitrogen and oxygen atoms in total. The lowest BCUT2D eigenvalue weighted by atomic mass is 9.95. The Hall–Kier alpha value is -3.18. The number of carbonyl (C=O) groups is 1. The number of nitrogens with zero attached hydrogens (tertiary/aromatic N) is 2. The zero-order chi connectivity index (χ0) is 22.1. The summed E-state index contributed by atoms with van der Waals surface area (Å²) < 4.78 is 13.2. The van der Waals surface area contributed by atoms with Crippen molar-refractivity contribution in [3.8, 4) is 0 Å². The van der Waals surface area contributed by atoms with E-state index in [0.29, 0.717) is 11.3 Å². The molecular formula is C25H23ClFN3O. The highest BCUT2D eigenvalue weighted by atomic mass is 35.5. The number of rotatable bonds is 4. The van der Waals surface area contributed by atoms with Crippen LogP contribution in [-0.4, -0.2) is 10.9 Å². The van der Waals surface area contributed by atoms with Crippen molar-refractivity contribution >= 4 is 34.7 Å². The van der Waals surface area contributed by atoms with Gasteiger partial charge in [-0.2, -0.15) is 0 Å². The average molecular weight is 436 g/mol. The number of hydrogen-bond donors (Lipinski definition) is 1. The fraction of sp³-hybridized carbons (Fsp3) is 0.200. The molecule has 2 heterocycles. The molecule has 158 valence electrons. The molecule has 1 aliphatic heterocycles. The second-order valence-corrected chi connectivity index (χ2v) is 8.28. The summed E-state index contributed by atoms with van der Waals surface area (Å²) in [6.07, 6.45) is 2.65. The summed E-state index contributed by atoms with van der Waals surface area (Å²) in [5, 5.41) is 3.13. The molecule has 0 bridgehead atoms. The summed E-state index contributed by atoms with van der Waals surface area (Å²) >= 11 is 6.05. The number of anilines is 3. The molecule has 1 amide bonds. The van der Waals surface area contributed by atoms with Crippen molar-refractivity contribution in [3.63, 3.8) is 0 Å². The maximum atomic E-state index is 13.2. The smallest absolute Gasteiger partial charge is 0.228 e. The van der Waals surface area contributed by atoms with Crippen LogP contribution >= 0.6 is 11.6 Å². The van der Waals surface area contributed by atoms with Gasteiger partial charge in [-0.25, -0.2) is 9.37 Å². The van der Waals surface area contributed by atoms with Gasteiger partial charge < -0.3 is 5.32 Å². The van der Waals surface area contributed by atoms with Gasteiger partial charge in [0.25, 0.3) is 0 Å². The van der Waals surface area contributed by atoms with Crippen molar-refractivity contribution in [1.29, 1.82) is 0 Å². The highest BCUT2D eigenvalue weighted by Gasteiger charge is 2.23. The first-order chi connectivity index (χ1) is 14.8. The third-order valence-electron chi connectivity index (χ3n) is 5.51. The highest BCUT2D eigenvalue weighted by Crippen LogP contribution is 2.38. The number of carbonyl (C=O) groups excluding carboxylic acids is 1. The van der Waals surface area contributed by atoms with Gasteiger partial charge in [-0.15, -0.1) is 0 Å². The lowest BCUT2D eigenvalue weighted by Gasteiger charge is -2.33. The van der Waals surface area contributed by atoms with Gasteiger partial charge in [-0.1, -0.05) is 35.4 Å². The van der Waals surface area contributed by atoms with E-state index in [0.717, 1.165) is 23.6 Å². The number of pyridine rings is 1. The molecule has 3 aromatic rings. The van der Waals surface area contributed by atoms with E-state index in [9.17, 15) is 9.18 Å². The van der Waals surface area contributed by atoms with Gasteiger partial charge in [-0.05, 0) is 68.2 Å². The number of amides is 1. The van der Waals surface area contributed by atoms with Gasteiger partial charge >= 0.3 is 0 Å². The van der Waals surface area contributed by atoms with E-state index < -0.39 is 5.82 Å². The number of benzene rings is 2. The summed E-state index contributed by atoms with van der Waals surface area (Å²) in [6.45, 7) is 6.31. The van der Waals surface area contributed by atoms with Crippen LogP contribution < -0.4 is 10.2 Å². The summed E-state index contributed by atoms with van der Waals surface area (Å²) in [6, 6.07) is 14.1. The molecule has 0 saturated heterocycles. The molecule has 0 saturated carbocycles. The molecule has 2 aromatic carbocycles. The van der Waals surface area contributed by atoms with Crippen molar-refractivity contribution in [2.45, 2.75) is 33.6 Å². The number of nitrogens with one attached hydrogen (secondary N) is 1.